The van der Waals surface area contributed by atoms with Crippen molar-refractivity contribution in [3.63, 3.8) is 0 Å². The molecular weight excluding hydrogens is 398 g/mol. The Morgan fingerprint density at radius 3 is 2.55 bits per heavy atom. The molecule has 10 heteroatoms. The number of carboxylic acids is 1. The number of aliphatic hydroxyl groups is 1. The number of rotatable bonds is 3. The zero-order chi connectivity index (χ0) is 21.0. The van der Waals surface area contributed by atoms with Crippen LogP contribution in [0.15, 0.2) is 53.5 Å². The number of aromatic carboxylic acids is 1. The number of nitrogens with zero attached hydrogens (tertiary/aromatic N) is 2. The highest BCUT2D eigenvalue weighted by Crippen LogP contribution is 2.30. The van der Waals surface area contributed by atoms with Gasteiger partial charge in [-0.15, -0.1) is 11.8 Å². The number of thioether (sulfide) groups is 1. The third-order valence-electron chi connectivity index (χ3n) is 4.14. The number of aromatic hydroxyl groups is 1. The van der Waals surface area contributed by atoms with Crippen LogP contribution in [0.3, 0.4) is 0 Å². The van der Waals surface area contributed by atoms with E-state index >= 15 is 0 Å². The number of carbonyl (C=O) groups is 1. The smallest absolute Gasteiger partial charge is 0.351 e. The number of fused-ring (bicyclic) bond motifs is 1. The molecule has 0 aliphatic carbocycles. The third kappa shape index (κ3) is 4.86. The molecule has 0 bridgehead atoms. The van der Waals surface area contributed by atoms with E-state index in [0.29, 0.717) is 5.75 Å². The van der Waals surface area contributed by atoms with E-state index in [4.69, 9.17) is 20.7 Å². The minimum Gasteiger partial charge on any atom is -0.507 e. The average molecular weight is 417 g/mol. The number of nitrogen functional groups attached to an aromatic ring is 1. The van der Waals surface area contributed by atoms with Gasteiger partial charge in [-0.05, 0) is 29.0 Å². The van der Waals surface area contributed by atoms with Gasteiger partial charge in [0, 0.05) is 11.9 Å². The van der Waals surface area contributed by atoms with Crippen molar-refractivity contribution in [3.05, 3.63) is 64.7 Å². The van der Waals surface area contributed by atoms with Crippen molar-refractivity contribution in [3.8, 4) is 5.75 Å². The molecule has 2 aromatic carbocycles. The first-order chi connectivity index (χ1) is 13.9. The minimum atomic E-state index is -1.12. The number of aromatic nitrogens is 2. The van der Waals surface area contributed by atoms with Gasteiger partial charge < -0.3 is 25.8 Å². The molecule has 1 aliphatic heterocycles. The number of aliphatic hydroxyl groups excluding tert-OH is 1. The van der Waals surface area contributed by atoms with E-state index in [1.807, 2.05) is 18.2 Å². The zero-order valence-corrected chi connectivity index (χ0v) is 16.0. The summed E-state index contributed by atoms with van der Waals surface area (Å²) >= 11 is 1.47. The molecule has 9 nitrogen and oxygen atoms in total. The fourth-order valence-electron chi connectivity index (χ4n) is 2.73. The summed E-state index contributed by atoms with van der Waals surface area (Å²) in [7, 11) is 0. The van der Waals surface area contributed by atoms with Crippen LogP contribution >= 0.6 is 11.8 Å². The maximum absolute atomic E-state index is 11.4. The van der Waals surface area contributed by atoms with Gasteiger partial charge in [0.1, 0.15) is 28.8 Å². The lowest BCUT2D eigenvalue weighted by Gasteiger charge is -2.13. The van der Waals surface area contributed by atoms with Gasteiger partial charge in [0.25, 0.3) is 0 Å². The highest BCUT2D eigenvalue weighted by molar-refractivity contribution is 8.00. The summed E-state index contributed by atoms with van der Waals surface area (Å²) in [6.45, 7) is -0.0572. The van der Waals surface area contributed by atoms with Gasteiger partial charge in [-0.2, -0.15) is 4.98 Å². The van der Waals surface area contributed by atoms with E-state index in [0.717, 1.165) is 10.8 Å². The highest BCUT2D eigenvalue weighted by atomic mass is 32.2. The van der Waals surface area contributed by atoms with Crippen LogP contribution in [0, 0.1) is 0 Å². The van der Waals surface area contributed by atoms with E-state index in [1.165, 1.54) is 28.5 Å². The Balaban J connectivity index is 0.000000166. The van der Waals surface area contributed by atoms with Crippen molar-refractivity contribution in [2.75, 3.05) is 18.1 Å². The molecule has 0 spiro atoms. The molecule has 5 N–H and O–H groups in total. The van der Waals surface area contributed by atoms with Gasteiger partial charge in [0.05, 0.1) is 6.61 Å². The average Bonchev–Trinajstić information content (AvgIpc) is 3.16. The second-order valence-corrected chi connectivity index (χ2v) is 7.29. The summed E-state index contributed by atoms with van der Waals surface area (Å²) in [6.07, 6.45) is 1.18. The van der Waals surface area contributed by atoms with Gasteiger partial charge in [0.2, 0.25) is 0 Å². The lowest BCUT2D eigenvalue weighted by molar-refractivity contribution is -0.00629. The van der Waals surface area contributed by atoms with Gasteiger partial charge >= 0.3 is 11.7 Å². The normalized spacial score (nSPS) is 18.2. The molecule has 0 radical (unpaired) electrons. The fraction of sp³-hybridized carbons (Fsp3) is 0.211. The van der Waals surface area contributed by atoms with Gasteiger partial charge in [-0.1, -0.05) is 24.3 Å². The number of phenols is 1. The first-order valence-electron chi connectivity index (χ1n) is 8.56. The molecular formula is C19H19N3O6S. The monoisotopic (exact) mass is 417 g/mol. The van der Waals surface area contributed by atoms with Crippen molar-refractivity contribution >= 4 is 34.3 Å². The van der Waals surface area contributed by atoms with Crippen LogP contribution in [-0.4, -0.2) is 48.6 Å². The number of benzene rings is 2. The highest BCUT2D eigenvalue weighted by Gasteiger charge is 2.27. The molecule has 29 heavy (non-hydrogen) atoms. The summed E-state index contributed by atoms with van der Waals surface area (Å²) in [5.41, 5.74) is 4.61. The van der Waals surface area contributed by atoms with Gasteiger partial charge in [0.15, 0.2) is 0 Å². The standard InChI is InChI=1S/C11H8O3.C8H11N3O3S/c12-10-6-8-4-2-1-3-7(8)5-9(10)11(13)14;9-5-1-2-11(8(13)10-5)6-4-15-7(3-12)14-6/h1-6,12H,(H,13,14);1-2,6-7,12H,3-4H2,(H2,9,10,13)/t;6-,7+/m.0/s1. The first-order valence-corrected chi connectivity index (χ1v) is 9.61. The summed E-state index contributed by atoms with van der Waals surface area (Å²) < 4.78 is 6.79. The Morgan fingerprint density at radius 1 is 1.28 bits per heavy atom. The topological polar surface area (TPSA) is 148 Å². The van der Waals surface area contributed by atoms with E-state index in [1.54, 1.807) is 18.3 Å². The summed E-state index contributed by atoms with van der Waals surface area (Å²) in [4.78, 5) is 25.8. The van der Waals surface area contributed by atoms with E-state index in [2.05, 4.69) is 4.98 Å². The minimum absolute atomic E-state index is 0.0572. The lowest BCUT2D eigenvalue weighted by atomic mass is 10.1. The SMILES string of the molecule is Nc1ccn([C@@H]2CS[C@H](CO)O2)c(=O)n1.O=C(O)c1cc2ccccc2cc1O. The Labute approximate surface area is 169 Å². The van der Waals surface area contributed by atoms with Crippen molar-refractivity contribution < 1.29 is 24.9 Å². The van der Waals surface area contributed by atoms with Crippen LogP contribution in [0.2, 0.25) is 0 Å². The van der Waals surface area contributed by atoms with Crippen LogP contribution in [0.5, 0.6) is 5.75 Å². The van der Waals surface area contributed by atoms with Crippen molar-refractivity contribution in [1.82, 2.24) is 9.55 Å². The molecule has 3 aromatic rings. The molecule has 2 atom stereocenters. The summed E-state index contributed by atoms with van der Waals surface area (Å²) in [5.74, 6) is -0.499. The molecule has 152 valence electrons. The first kappa shape index (κ1) is 20.6. The summed E-state index contributed by atoms with van der Waals surface area (Å²) in [6, 6.07) is 11.8. The summed E-state index contributed by atoms with van der Waals surface area (Å²) in [5, 5.41) is 28.7. The third-order valence-corrected chi connectivity index (χ3v) is 5.25. The Kier molecular flexibility index (Phi) is 6.37. The van der Waals surface area contributed by atoms with E-state index in [9.17, 15) is 14.7 Å². The quantitative estimate of drug-likeness (QED) is 0.499. The maximum atomic E-state index is 11.4. The van der Waals surface area contributed by atoms with Crippen LogP contribution < -0.4 is 11.4 Å². The molecule has 0 saturated carbocycles. The predicted octanol–water partition coefficient (Wildman–Crippen LogP) is 1.65. The molecule has 4 rings (SSSR count). The second kappa shape index (κ2) is 8.95. The molecule has 2 heterocycles. The van der Waals surface area contributed by atoms with Crippen molar-refractivity contribution in [2.24, 2.45) is 0 Å². The largest absolute Gasteiger partial charge is 0.507 e. The second-order valence-electron chi connectivity index (χ2n) is 6.10. The zero-order valence-electron chi connectivity index (χ0n) is 15.1. The maximum Gasteiger partial charge on any atom is 0.351 e. The molecule has 0 amide bonds. The van der Waals surface area contributed by atoms with Crippen molar-refractivity contribution in [1.29, 1.82) is 0 Å². The predicted molar refractivity (Wildman–Crippen MR) is 109 cm³/mol. The van der Waals surface area contributed by atoms with Gasteiger partial charge in [-0.3, -0.25) is 4.57 Å². The van der Waals surface area contributed by atoms with E-state index < -0.39 is 11.7 Å². The Hall–Kier alpha value is -3.08. The lowest BCUT2D eigenvalue weighted by Crippen LogP contribution is -2.28. The number of nitrogens with two attached hydrogens (primary N) is 1. The Bertz CT molecular complexity index is 1090. The van der Waals surface area contributed by atoms with Gasteiger partial charge in [-0.25, -0.2) is 9.59 Å². The van der Waals surface area contributed by atoms with Crippen LogP contribution in [0.1, 0.15) is 16.6 Å². The molecule has 1 fully saturated rings. The molecule has 1 aliphatic rings. The number of carboxylic acid groups (broad SMARTS) is 1. The number of anilines is 1. The van der Waals surface area contributed by atoms with E-state index in [-0.39, 0.29) is 35.4 Å². The van der Waals surface area contributed by atoms with Crippen LogP contribution in [-0.2, 0) is 4.74 Å². The van der Waals surface area contributed by atoms with Crippen LogP contribution in [0.4, 0.5) is 5.82 Å². The van der Waals surface area contributed by atoms with Crippen molar-refractivity contribution in [2.45, 2.75) is 11.7 Å². The fourth-order valence-corrected chi connectivity index (χ4v) is 3.66. The molecule has 0 unspecified atom stereocenters. The number of ether oxygens (including phenoxy) is 1. The number of hydrogen-bond acceptors (Lipinski definition) is 8. The molecule has 1 aromatic heterocycles. The Morgan fingerprint density at radius 2 is 1.97 bits per heavy atom. The number of hydrogen-bond donors (Lipinski definition) is 4. The van der Waals surface area contributed by atoms with Crippen LogP contribution in [0.25, 0.3) is 10.8 Å². The molecule has 1 saturated heterocycles.